The van der Waals surface area contributed by atoms with Crippen LogP contribution in [0, 0.1) is 5.92 Å². The molecule has 2 atom stereocenters. The lowest BCUT2D eigenvalue weighted by molar-refractivity contribution is 0.0697. The highest BCUT2D eigenvalue weighted by molar-refractivity contribution is 5.93. The van der Waals surface area contributed by atoms with E-state index in [-0.39, 0.29) is 17.6 Å². The second-order valence-electron chi connectivity index (χ2n) is 4.66. The Morgan fingerprint density at radius 1 is 1.32 bits per heavy atom. The fourth-order valence-corrected chi connectivity index (χ4v) is 1.60. The maximum atomic E-state index is 11.8. The summed E-state index contributed by atoms with van der Waals surface area (Å²) in [6, 6.07) is 5.89. The van der Waals surface area contributed by atoms with Crippen molar-refractivity contribution in [1.82, 2.24) is 5.32 Å². The molecule has 104 valence electrons. The average molecular weight is 264 g/mol. The topological polar surface area (TPSA) is 78.4 Å². The normalized spacial score (nSPS) is 13.4. The third-order valence-corrected chi connectivity index (χ3v) is 3.22. The molecule has 0 bridgehead atoms. The number of nitrogens with one attached hydrogen (secondary N) is 2. The SMILES string of the molecule is CCC(C)C(C)NC(=O)Nc1cccc(C(=O)O)c1. The van der Waals surface area contributed by atoms with Crippen LogP contribution < -0.4 is 10.6 Å². The van der Waals surface area contributed by atoms with Crippen LogP contribution in [0.1, 0.15) is 37.6 Å². The highest BCUT2D eigenvalue weighted by Crippen LogP contribution is 2.11. The minimum atomic E-state index is -1.02. The summed E-state index contributed by atoms with van der Waals surface area (Å²) in [5.41, 5.74) is 0.613. The molecule has 1 aromatic rings. The van der Waals surface area contributed by atoms with Crippen LogP contribution in [0.15, 0.2) is 24.3 Å². The predicted octanol–water partition coefficient (Wildman–Crippen LogP) is 2.94. The lowest BCUT2D eigenvalue weighted by Gasteiger charge is -2.20. The Bertz CT molecular complexity index is 460. The number of urea groups is 1. The Hall–Kier alpha value is -2.04. The molecule has 0 radical (unpaired) electrons. The summed E-state index contributed by atoms with van der Waals surface area (Å²) in [6.07, 6.45) is 0.982. The van der Waals surface area contributed by atoms with Crippen LogP contribution in [-0.2, 0) is 0 Å². The molecule has 2 unspecified atom stereocenters. The Morgan fingerprint density at radius 3 is 2.58 bits per heavy atom. The van der Waals surface area contributed by atoms with Gasteiger partial charge in [-0.2, -0.15) is 0 Å². The molecule has 19 heavy (non-hydrogen) atoms. The van der Waals surface area contributed by atoms with Crippen LogP contribution in [0.3, 0.4) is 0 Å². The maximum Gasteiger partial charge on any atom is 0.335 e. The molecule has 1 aromatic carbocycles. The van der Waals surface area contributed by atoms with E-state index >= 15 is 0 Å². The number of benzene rings is 1. The van der Waals surface area contributed by atoms with Gasteiger partial charge in [-0.1, -0.05) is 26.3 Å². The number of rotatable bonds is 5. The fraction of sp³-hybridized carbons (Fsp3) is 0.429. The molecule has 0 aliphatic rings. The zero-order chi connectivity index (χ0) is 14.4. The number of hydrogen-bond acceptors (Lipinski definition) is 2. The van der Waals surface area contributed by atoms with Crippen LogP contribution in [0.25, 0.3) is 0 Å². The molecule has 0 saturated heterocycles. The number of hydrogen-bond donors (Lipinski definition) is 3. The second-order valence-corrected chi connectivity index (χ2v) is 4.66. The molecule has 3 N–H and O–H groups in total. The Kier molecular flexibility index (Phi) is 5.36. The van der Waals surface area contributed by atoms with Gasteiger partial charge in [-0.15, -0.1) is 0 Å². The van der Waals surface area contributed by atoms with E-state index in [1.807, 2.05) is 6.92 Å². The van der Waals surface area contributed by atoms with Gasteiger partial charge in [-0.05, 0) is 31.0 Å². The highest BCUT2D eigenvalue weighted by atomic mass is 16.4. The third-order valence-electron chi connectivity index (χ3n) is 3.22. The molecule has 5 nitrogen and oxygen atoms in total. The van der Waals surface area contributed by atoms with Crippen LogP contribution in [0.5, 0.6) is 0 Å². The van der Waals surface area contributed by atoms with E-state index in [2.05, 4.69) is 24.5 Å². The second kappa shape index (κ2) is 6.78. The molecule has 0 fully saturated rings. The van der Waals surface area contributed by atoms with E-state index in [9.17, 15) is 9.59 Å². The number of amides is 2. The summed E-state index contributed by atoms with van der Waals surface area (Å²) in [6.45, 7) is 6.08. The lowest BCUT2D eigenvalue weighted by Crippen LogP contribution is -2.39. The van der Waals surface area contributed by atoms with Crippen molar-refractivity contribution in [3.63, 3.8) is 0 Å². The van der Waals surface area contributed by atoms with Crippen LogP contribution in [0.2, 0.25) is 0 Å². The van der Waals surface area contributed by atoms with Gasteiger partial charge in [0.15, 0.2) is 0 Å². The summed E-state index contributed by atoms with van der Waals surface area (Å²) in [5.74, 6) is -0.631. The van der Waals surface area contributed by atoms with Crippen molar-refractivity contribution in [3.8, 4) is 0 Å². The first-order chi connectivity index (χ1) is 8.93. The van der Waals surface area contributed by atoms with E-state index in [0.717, 1.165) is 6.42 Å². The molecular formula is C14H20N2O3. The monoisotopic (exact) mass is 264 g/mol. The first-order valence-corrected chi connectivity index (χ1v) is 6.35. The van der Waals surface area contributed by atoms with Gasteiger partial charge in [0.1, 0.15) is 0 Å². The third kappa shape index (κ3) is 4.62. The first kappa shape index (κ1) is 15.0. The van der Waals surface area contributed by atoms with Gasteiger partial charge in [0.05, 0.1) is 5.56 Å². The zero-order valence-corrected chi connectivity index (χ0v) is 11.4. The quantitative estimate of drug-likeness (QED) is 0.765. The van der Waals surface area contributed by atoms with Crippen molar-refractivity contribution in [3.05, 3.63) is 29.8 Å². The minimum absolute atomic E-state index is 0.0626. The van der Waals surface area contributed by atoms with Crippen molar-refractivity contribution in [2.75, 3.05) is 5.32 Å². The molecule has 0 aromatic heterocycles. The Balaban J connectivity index is 2.62. The summed E-state index contributed by atoms with van der Waals surface area (Å²) in [5, 5.41) is 14.3. The first-order valence-electron chi connectivity index (χ1n) is 6.35. The molecular weight excluding hydrogens is 244 g/mol. The fourth-order valence-electron chi connectivity index (χ4n) is 1.60. The van der Waals surface area contributed by atoms with E-state index < -0.39 is 5.97 Å². The van der Waals surface area contributed by atoms with Gasteiger partial charge in [0.2, 0.25) is 0 Å². The minimum Gasteiger partial charge on any atom is -0.478 e. The molecule has 5 heteroatoms. The van der Waals surface area contributed by atoms with Crippen molar-refractivity contribution in [2.24, 2.45) is 5.92 Å². The van der Waals surface area contributed by atoms with Gasteiger partial charge in [0.25, 0.3) is 0 Å². The highest BCUT2D eigenvalue weighted by Gasteiger charge is 2.13. The van der Waals surface area contributed by atoms with Crippen LogP contribution >= 0.6 is 0 Å². The standard InChI is InChI=1S/C14H20N2O3/c1-4-9(2)10(3)15-14(19)16-12-7-5-6-11(8-12)13(17)18/h5-10H,4H2,1-3H3,(H,17,18)(H2,15,16,19). The number of carbonyl (C=O) groups excluding carboxylic acids is 1. The molecule has 0 aliphatic carbocycles. The number of anilines is 1. The van der Waals surface area contributed by atoms with Gasteiger partial charge in [-0.25, -0.2) is 9.59 Å². The van der Waals surface area contributed by atoms with Crippen molar-refractivity contribution in [2.45, 2.75) is 33.2 Å². The van der Waals surface area contributed by atoms with Crippen molar-refractivity contribution in [1.29, 1.82) is 0 Å². The van der Waals surface area contributed by atoms with Gasteiger partial charge in [0, 0.05) is 11.7 Å². The number of carbonyl (C=O) groups is 2. The lowest BCUT2D eigenvalue weighted by atomic mass is 10.0. The van der Waals surface area contributed by atoms with Crippen LogP contribution in [0.4, 0.5) is 10.5 Å². The Morgan fingerprint density at radius 2 is 2.00 bits per heavy atom. The molecule has 0 saturated carbocycles. The van der Waals surface area contributed by atoms with Crippen molar-refractivity contribution < 1.29 is 14.7 Å². The molecule has 0 spiro atoms. The zero-order valence-electron chi connectivity index (χ0n) is 11.4. The molecule has 0 aliphatic heterocycles. The van der Waals surface area contributed by atoms with Gasteiger partial charge >= 0.3 is 12.0 Å². The number of carboxylic acid groups (broad SMARTS) is 1. The summed E-state index contributed by atoms with van der Waals surface area (Å²) >= 11 is 0. The maximum absolute atomic E-state index is 11.8. The average Bonchev–Trinajstić information content (AvgIpc) is 2.37. The van der Waals surface area contributed by atoms with E-state index in [1.165, 1.54) is 12.1 Å². The largest absolute Gasteiger partial charge is 0.478 e. The molecule has 0 heterocycles. The van der Waals surface area contributed by atoms with Crippen molar-refractivity contribution >= 4 is 17.7 Å². The number of carboxylic acids is 1. The Labute approximate surface area is 113 Å². The summed E-state index contributed by atoms with van der Waals surface area (Å²) in [7, 11) is 0. The van der Waals surface area contributed by atoms with E-state index in [4.69, 9.17) is 5.11 Å². The number of aromatic carboxylic acids is 1. The predicted molar refractivity (Wildman–Crippen MR) is 74.5 cm³/mol. The summed E-state index contributed by atoms with van der Waals surface area (Å²) in [4.78, 5) is 22.6. The molecule has 1 rings (SSSR count). The van der Waals surface area contributed by atoms with Gasteiger partial charge in [-0.3, -0.25) is 0 Å². The van der Waals surface area contributed by atoms with Gasteiger partial charge < -0.3 is 15.7 Å². The van der Waals surface area contributed by atoms with E-state index in [1.54, 1.807) is 12.1 Å². The van der Waals surface area contributed by atoms with E-state index in [0.29, 0.717) is 11.6 Å². The molecule has 2 amide bonds. The van der Waals surface area contributed by atoms with Crippen LogP contribution in [-0.4, -0.2) is 23.1 Å². The smallest absolute Gasteiger partial charge is 0.335 e. The summed E-state index contributed by atoms with van der Waals surface area (Å²) < 4.78 is 0.